The van der Waals surface area contributed by atoms with Gasteiger partial charge in [0.1, 0.15) is 10.6 Å². The first-order valence-corrected chi connectivity index (χ1v) is 8.11. The van der Waals surface area contributed by atoms with E-state index >= 15 is 0 Å². The zero-order chi connectivity index (χ0) is 14.7. The van der Waals surface area contributed by atoms with Crippen molar-refractivity contribution in [3.63, 3.8) is 0 Å². The molecule has 2 unspecified atom stereocenters. The molecule has 6 heteroatoms. The van der Waals surface area contributed by atoms with Gasteiger partial charge in [0.15, 0.2) is 5.82 Å². The summed E-state index contributed by atoms with van der Waals surface area (Å²) in [6.07, 6.45) is 4.36. The molecule has 0 spiro atoms. The maximum Gasteiger partial charge on any atom is 0.258 e. The molecule has 0 radical (unpaired) electrons. The van der Waals surface area contributed by atoms with Crippen molar-refractivity contribution in [3.8, 4) is 0 Å². The molecule has 1 aliphatic rings. The van der Waals surface area contributed by atoms with Gasteiger partial charge < -0.3 is 16.4 Å². The summed E-state index contributed by atoms with van der Waals surface area (Å²) in [6.45, 7) is 6.56. The fraction of sp³-hybridized carbons (Fsp3) is 0.714. The van der Waals surface area contributed by atoms with Gasteiger partial charge in [0, 0.05) is 12.1 Å². The summed E-state index contributed by atoms with van der Waals surface area (Å²) in [6, 6.07) is 0.629. The average molecular weight is 296 g/mol. The Morgan fingerprint density at radius 2 is 2.20 bits per heavy atom. The summed E-state index contributed by atoms with van der Waals surface area (Å²) in [5.74, 6) is 0.884. The van der Waals surface area contributed by atoms with Crippen LogP contribution in [0.2, 0.25) is 0 Å². The molecule has 1 saturated carbocycles. The maximum absolute atomic E-state index is 12.2. The molecule has 2 atom stereocenters. The second kappa shape index (κ2) is 6.43. The molecule has 1 fully saturated rings. The summed E-state index contributed by atoms with van der Waals surface area (Å²) >= 11 is 1.27. The Hall–Kier alpha value is -1.30. The Kier molecular flexibility index (Phi) is 4.86. The van der Waals surface area contributed by atoms with Gasteiger partial charge in [-0.15, -0.1) is 0 Å². The molecule has 2 rings (SSSR count). The standard InChI is InChI=1S/C14H24N4OS/c1-4-8(2)7-9(3)16-14-11(12(15)18-20-14)13(19)17-10-5-6-10/h8-10,16H,4-7H2,1-3H3,(H2,15,18)(H,17,19). The average Bonchev–Trinajstić information content (AvgIpc) is 3.12. The van der Waals surface area contributed by atoms with Crippen LogP contribution in [0.3, 0.4) is 0 Å². The molecule has 0 bridgehead atoms. The molecule has 112 valence electrons. The fourth-order valence-electron chi connectivity index (χ4n) is 2.16. The van der Waals surface area contributed by atoms with Gasteiger partial charge in [0.05, 0.1) is 0 Å². The van der Waals surface area contributed by atoms with Crippen LogP contribution in [0.5, 0.6) is 0 Å². The lowest BCUT2D eigenvalue weighted by molar-refractivity contribution is 0.0953. The number of anilines is 2. The predicted molar refractivity (Wildman–Crippen MR) is 84.2 cm³/mol. The molecule has 0 aliphatic heterocycles. The second-order valence-electron chi connectivity index (χ2n) is 5.81. The quantitative estimate of drug-likeness (QED) is 0.723. The van der Waals surface area contributed by atoms with Crippen LogP contribution in [-0.4, -0.2) is 22.4 Å². The molecular weight excluding hydrogens is 272 g/mol. The van der Waals surface area contributed by atoms with E-state index in [1.807, 2.05) is 0 Å². The summed E-state index contributed by atoms with van der Waals surface area (Å²) in [4.78, 5) is 12.2. The van der Waals surface area contributed by atoms with E-state index in [2.05, 4.69) is 35.8 Å². The minimum Gasteiger partial charge on any atom is -0.382 e. The zero-order valence-corrected chi connectivity index (χ0v) is 13.2. The number of nitrogens with one attached hydrogen (secondary N) is 2. The van der Waals surface area contributed by atoms with Crippen LogP contribution >= 0.6 is 11.5 Å². The lowest BCUT2D eigenvalue weighted by Crippen LogP contribution is -2.27. The lowest BCUT2D eigenvalue weighted by Gasteiger charge is -2.18. The Labute approximate surface area is 124 Å². The van der Waals surface area contributed by atoms with Gasteiger partial charge in [-0.3, -0.25) is 4.79 Å². The van der Waals surface area contributed by atoms with Crippen LogP contribution in [0, 0.1) is 5.92 Å². The first-order valence-electron chi connectivity index (χ1n) is 7.33. The van der Waals surface area contributed by atoms with Gasteiger partial charge in [-0.05, 0) is 43.6 Å². The van der Waals surface area contributed by atoms with E-state index in [4.69, 9.17) is 5.73 Å². The number of nitrogens with two attached hydrogens (primary N) is 1. The van der Waals surface area contributed by atoms with Crippen molar-refractivity contribution >= 4 is 28.3 Å². The van der Waals surface area contributed by atoms with Crippen LogP contribution in [0.1, 0.15) is 56.8 Å². The van der Waals surface area contributed by atoms with Crippen molar-refractivity contribution < 1.29 is 4.79 Å². The number of nitrogens with zero attached hydrogens (tertiary/aromatic N) is 1. The number of hydrogen-bond acceptors (Lipinski definition) is 5. The van der Waals surface area contributed by atoms with E-state index in [9.17, 15) is 4.79 Å². The fourth-order valence-corrected chi connectivity index (χ4v) is 2.98. The summed E-state index contributed by atoms with van der Waals surface area (Å²) in [7, 11) is 0. The molecule has 1 aromatic heterocycles. The summed E-state index contributed by atoms with van der Waals surface area (Å²) in [5, 5.41) is 7.15. The highest BCUT2D eigenvalue weighted by atomic mass is 32.1. The first-order chi connectivity index (χ1) is 9.51. The van der Waals surface area contributed by atoms with Crippen molar-refractivity contribution in [2.24, 2.45) is 5.92 Å². The van der Waals surface area contributed by atoms with Gasteiger partial charge in [-0.2, -0.15) is 4.37 Å². The van der Waals surface area contributed by atoms with Crippen molar-refractivity contribution in [2.45, 2.75) is 58.5 Å². The number of nitrogen functional groups attached to an aromatic ring is 1. The van der Waals surface area contributed by atoms with Crippen molar-refractivity contribution in [2.75, 3.05) is 11.1 Å². The summed E-state index contributed by atoms with van der Waals surface area (Å²) < 4.78 is 4.11. The Balaban J connectivity index is 2.02. The molecule has 4 N–H and O–H groups in total. The van der Waals surface area contributed by atoms with E-state index < -0.39 is 0 Å². The van der Waals surface area contributed by atoms with Crippen molar-refractivity contribution in [1.29, 1.82) is 0 Å². The SMILES string of the molecule is CCC(C)CC(C)Nc1snc(N)c1C(=O)NC1CC1. The molecule has 1 aliphatic carbocycles. The van der Waals surface area contributed by atoms with Crippen molar-refractivity contribution in [3.05, 3.63) is 5.56 Å². The van der Waals surface area contributed by atoms with E-state index in [1.165, 1.54) is 11.5 Å². The third-order valence-corrected chi connectivity index (χ3v) is 4.48. The second-order valence-corrected chi connectivity index (χ2v) is 6.59. The normalized spacial score (nSPS) is 17.6. The molecule has 1 aromatic rings. The van der Waals surface area contributed by atoms with Crippen molar-refractivity contribution in [1.82, 2.24) is 9.69 Å². The van der Waals surface area contributed by atoms with Gasteiger partial charge in [-0.1, -0.05) is 20.3 Å². The molecule has 1 amide bonds. The number of rotatable bonds is 7. The zero-order valence-electron chi connectivity index (χ0n) is 12.4. The van der Waals surface area contributed by atoms with Crippen LogP contribution in [0.15, 0.2) is 0 Å². The van der Waals surface area contributed by atoms with Crippen LogP contribution in [-0.2, 0) is 0 Å². The molecule has 1 heterocycles. The van der Waals surface area contributed by atoms with Gasteiger partial charge in [0.2, 0.25) is 0 Å². The number of aromatic nitrogens is 1. The van der Waals surface area contributed by atoms with Gasteiger partial charge in [0.25, 0.3) is 5.91 Å². The summed E-state index contributed by atoms with van der Waals surface area (Å²) in [5.41, 5.74) is 6.35. The maximum atomic E-state index is 12.2. The smallest absolute Gasteiger partial charge is 0.258 e. The topological polar surface area (TPSA) is 80.0 Å². The number of amides is 1. The number of carbonyl (C=O) groups excluding carboxylic acids is 1. The molecule has 0 saturated heterocycles. The van der Waals surface area contributed by atoms with E-state index in [0.29, 0.717) is 29.4 Å². The monoisotopic (exact) mass is 296 g/mol. The Bertz CT molecular complexity index is 470. The van der Waals surface area contributed by atoms with Gasteiger partial charge >= 0.3 is 0 Å². The third kappa shape index (κ3) is 3.85. The van der Waals surface area contributed by atoms with Crippen LogP contribution in [0.25, 0.3) is 0 Å². The molecular formula is C14H24N4OS. The highest BCUT2D eigenvalue weighted by Crippen LogP contribution is 2.29. The molecule has 20 heavy (non-hydrogen) atoms. The minimum atomic E-state index is -0.100. The molecule has 0 aromatic carbocycles. The first kappa shape index (κ1) is 15.1. The minimum absolute atomic E-state index is 0.100. The predicted octanol–water partition coefficient (Wildman–Crippen LogP) is 2.85. The lowest BCUT2D eigenvalue weighted by atomic mass is 10.0. The highest BCUT2D eigenvalue weighted by Gasteiger charge is 2.27. The Morgan fingerprint density at radius 3 is 2.80 bits per heavy atom. The number of hydrogen-bond donors (Lipinski definition) is 3. The van der Waals surface area contributed by atoms with Crippen LogP contribution in [0.4, 0.5) is 10.8 Å². The molecule has 5 nitrogen and oxygen atoms in total. The van der Waals surface area contributed by atoms with Crippen LogP contribution < -0.4 is 16.4 Å². The van der Waals surface area contributed by atoms with E-state index in [-0.39, 0.29) is 5.91 Å². The highest BCUT2D eigenvalue weighted by molar-refractivity contribution is 7.11. The largest absolute Gasteiger partial charge is 0.382 e. The number of carbonyl (C=O) groups is 1. The van der Waals surface area contributed by atoms with Gasteiger partial charge in [-0.25, -0.2) is 0 Å². The Morgan fingerprint density at radius 1 is 1.50 bits per heavy atom. The van der Waals surface area contributed by atoms with E-state index in [1.54, 1.807) is 0 Å². The third-order valence-electron chi connectivity index (χ3n) is 3.69. The van der Waals surface area contributed by atoms with E-state index in [0.717, 1.165) is 30.7 Å².